The number of nitrogens with zero attached hydrogens (tertiary/aromatic N) is 3. The SMILES string of the molecule is COCCCN1C(=O)NC(c2ccc(OC)c(O)c2)C(c2nc(-c3cccc(Cl)c3)no2)=C1C. The van der Waals surface area contributed by atoms with Crippen LogP contribution in [0, 0.1) is 0 Å². The maximum absolute atomic E-state index is 13.0. The first kappa shape index (κ1) is 23.6. The molecule has 3 aromatic rings. The number of ether oxygens (including phenoxy) is 2. The molecule has 0 bridgehead atoms. The minimum atomic E-state index is -0.629. The van der Waals surface area contributed by atoms with Gasteiger partial charge in [0.25, 0.3) is 5.89 Å². The van der Waals surface area contributed by atoms with Gasteiger partial charge < -0.3 is 24.4 Å². The zero-order chi connectivity index (χ0) is 24.2. The number of phenolic OH excluding ortho intramolecular Hbond substituents is 1. The van der Waals surface area contributed by atoms with Crippen LogP contribution in [0.15, 0.2) is 52.7 Å². The molecule has 1 unspecified atom stereocenters. The molecule has 9 nitrogen and oxygen atoms in total. The number of carbonyl (C=O) groups excluding carboxylic acids is 1. The van der Waals surface area contributed by atoms with Gasteiger partial charge in [0.15, 0.2) is 11.5 Å². The average Bonchev–Trinajstić information content (AvgIpc) is 3.30. The number of aromatic nitrogens is 2. The molecule has 0 aliphatic carbocycles. The average molecular weight is 485 g/mol. The fourth-order valence-corrected chi connectivity index (χ4v) is 4.10. The van der Waals surface area contributed by atoms with E-state index in [4.69, 9.17) is 25.6 Å². The molecule has 2 amide bonds. The third-order valence-electron chi connectivity index (χ3n) is 5.60. The first-order valence-corrected chi connectivity index (χ1v) is 11.1. The number of amides is 2. The lowest BCUT2D eigenvalue weighted by molar-refractivity contribution is 0.174. The van der Waals surface area contributed by atoms with Crippen molar-refractivity contribution >= 4 is 23.2 Å². The highest BCUT2D eigenvalue weighted by atomic mass is 35.5. The van der Waals surface area contributed by atoms with Gasteiger partial charge in [-0.3, -0.25) is 4.90 Å². The first-order valence-electron chi connectivity index (χ1n) is 10.7. The van der Waals surface area contributed by atoms with Crippen molar-refractivity contribution in [3.8, 4) is 22.9 Å². The standard InChI is InChI=1S/C24H25ClN4O5/c1-14-20(23-27-22(28-34-23)16-6-4-7-17(25)12-16)21(15-8-9-19(33-3)18(30)13-15)26-24(31)29(14)10-5-11-32-2/h4,6-9,12-13,21,30H,5,10-11H2,1-3H3,(H,26,31). The van der Waals surface area contributed by atoms with Gasteiger partial charge in [-0.25, -0.2) is 4.79 Å². The zero-order valence-corrected chi connectivity index (χ0v) is 19.8. The topological polar surface area (TPSA) is 110 Å². The number of nitrogens with one attached hydrogen (secondary N) is 1. The molecule has 4 rings (SSSR count). The molecule has 0 fully saturated rings. The van der Waals surface area contributed by atoms with Gasteiger partial charge in [0.2, 0.25) is 5.82 Å². The molecule has 0 spiro atoms. The molecular formula is C24H25ClN4O5. The molecule has 1 aliphatic rings. The molecular weight excluding hydrogens is 460 g/mol. The predicted octanol–water partition coefficient (Wildman–Crippen LogP) is 4.64. The number of allylic oxidation sites excluding steroid dienone is 1. The van der Waals surface area contributed by atoms with E-state index in [1.165, 1.54) is 7.11 Å². The Morgan fingerprint density at radius 3 is 2.76 bits per heavy atom. The van der Waals surface area contributed by atoms with E-state index in [1.807, 2.05) is 13.0 Å². The molecule has 34 heavy (non-hydrogen) atoms. The van der Waals surface area contributed by atoms with Gasteiger partial charge in [-0.05, 0) is 43.2 Å². The van der Waals surface area contributed by atoms with E-state index in [-0.39, 0.29) is 17.7 Å². The summed E-state index contributed by atoms with van der Waals surface area (Å²) in [5, 5.41) is 18.0. The Bertz CT molecular complexity index is 1230. The highest BCUT2D eigenvalue weighted by Crippen LogP contribution is 2.39. The van der Waals surface area contributed by atoms with Crippen molar-refractivity contribution in [1.82, 2.24) is 20.4 Å². The minimum Gasteiger partial charge on any atom is -0.504 e. The molecule has 2 aromatic carbocycles. The van der Waals surface area contributed by atoms with E-state index in [0.717, 1.165) is 0 Å². The number of methoxy groups -OCH3 is 2. The van der Waals surface area contributed by atoms with Gasteiger partial charge in [0, 0.05) is 36.5 Å². The number of aromatic hydroxyl groups is 1. The Morgan fingerprint density at radius 2 is 2.06 bits per heavy atom. The number of halogens is 1. The summed E-state index contributed by atoms with van der Waals surface area (Å²) in [5.41, 5.74) is 2.64. The Morgan fingerprint density at radius 1 is 1.24 bits per heavy atom. The lowest BCUT2D eigenvalue weighted by atomic mass is 9.94. The third kappa shape index (κ3) is 4.71. The number of hydrogen-bond donors (Lipinski definition) is 2. The minimum absolute atomic E-state index is 0.0427. The second-order valence-corrected chi connectivity index (χ2v) is 8.18. The van der Waals surface area contributed by atoms with Crippen LogP contribution in [0.5, 0.6) is 11.5 Å². The number of phenols is 1. The number of benzene rings is 2. The highest BCUT2D eigenvalue weighted by molar-refractivity contribution is 6.30. The van der Waals surface area contributed by atoms with E-state index in [9.17, 15) is 9.90 Å². The van der Waals surface area contributed by atoms with Crippen LogP contribution < -0.4 is 10.1 Å². The van der Waals surface area contributed by atoms with E-state index < -0.39 is 6.04 Å². The maximum Gasteiger partial charge on any atom is 0.322 e. The number of urea groups is 1. The number of rotatable bonds is 8. The quantitative estimate of drug-likeness (QED) is 0.448. The highest BCUT2D eigenvalue weighted by Gasteiger charge is 2.36. The van der Waals surface area contributed by atoms with Gasteiger partial charge in [-0.2, -0.15) is 4.98 Å². The van der Waals surface area contributed by atoms with Crippen LogP contribution in [0.2, 0.25) is 5.02 Å². The van der Waals surface area contributed by atoms with E-state index in [1.54, 1.807) is 48.4 Å². The molecule has 10 heteroatoms. The van der Waals surface area contributed by atoms with Crippen molar-refractivity contribution in [2.75, 3.05) is 27.4 Å². The van der Waals surface area contributed by atoms with E-state index >= 15 is 0 Å². The molecule has 1 aromatic heterocycles. The van der Waals surface area contributed by atoms with Crippen LogP contribution in [0.3, 0.4) is 0 Å². The van der Waals surface area contributed by atoms with Crippen LogP contribution >= 0.6 is 11.6 Å². The molecule has 0 saturated heterocycles. The molecule has 2 heterocycles. The Hall–Kier alpha value is -3.56. The van der Waals surface area contributed by atoms with Crippen molar-refractivity contribution < 1.29 is 23.9 Å². The second-order valence-electron chi connectivity index (χ2n) is 7.74. The fourth-order valence-electron chi connectivity index (χ4n) is 3.91. The summed E-state index contributed by atoms with van der Waals surface area (Å²) in [6.45, 7) is 2.80. The summed E-state index contributed by atoms with van der Waals surface area (Å²) in [7, 11) is 3.09. The molecule has 0 saturated carbocycles. The fraction of sp³-hybridized carbons (Fsp3) is 0.292. The molecule has 178 valence electrons. The van der Waals surface area contributed by atoms with Crippen molar-refractivity contribution in [2.45, 2.75) is 19.4 Å². The Labute approximate surface area is 201 Å². The number of hydrogen-bond acceptors (Lipinski definition) is 7. The summed E-state index contributed by atoms with van der Waals surface area (Å²) >= 11 is 6.12. The van der Waals surface area contributed by atoms with Crippen molar-refractivity contribution in [2.24, 2.45) is 0 Å². The van der Waals surface area contributed by atoms with Crippen LogP contribution in [-0.4, -0.2) is 53.5 Å². The van der Waals surface area contributed by atoms with Crippen LogP contribution in [0.1, 0.15) is 30.8 Å². The van der Waals surface area contributed by atoms with Crippen molar-refractivity contribution in [1.29, 1.82) is 0 Å². The van der Waals surface area contributed by atoms with E-state index in [2.05, 4.69) is 15.5 Å². The first-order chi connectivity index (χ1) is 16.4. The van der Waals surface area contributed by atoms with Crippen LogP contribution in [0.25, 0.3) is 17.0 Å². The zero-order valence-electron chi connectivity index (χ0n) is 19.0. The summed E-state index contributed by atoms with van der Waals surface area (Å²) in [6, 6.07) is 11.2. The molecule has 2 N–H and O–H groups in total. The summed E-state index contributed by atoms with van der Waals surface area (Å²) in [4.78, 5) is 19.2. The number of carbonyl (C=O) groups is 1. The van der Waals surface area contributed by atoms with Gasteiger partial charge in [-0.15, -0.1) is 0 Å². The largest absolute Gasteiger partial charge is 0.504 e. The monoisotopic (exact) mass is 484 g/mol. The van der Waals surface area contributed by atoms with Crippen molar-refractivity contribution in [3.05, 3.63) is 64.6 Å². The summed E-state index contributed by atoms with van der Waals surface area (Å²) in [6.07, 6.45) is 0.653. The maximum atomic E-state index is 13.0. The normalized spacial score (nSPS) is 16.1. The van der Waals surface area contributed by atoms with Crippen LogP contribution in [0.4, 0.5) is 4.79 Å². The van der Waals surface area contributed by atoms with Gasteiger partial charge >= 0.3 is 6.03 Å². The van der Waals surface area contributed by atoms with Gasteiger partial charge in [-0.1, -0.05) is 35.0 Å². The summed E-state index contributed by atoms with van der Waals surface area (Å²) in [5.74, 6) is 0.913. The predicted molar refractivity (Wildman–Crippen MR) is 126 cm³/mol. The second kappa shape index (κ2) is 10.1. The summed E-state index contributed by atoms with van der Waals surface area (Å²) < 4.78 is 15.9. The molecule has 1 atom stereocenters. The van der Waals surface area contributed by atoms with E-state index in [0.29, 0.717) is 58.6 Å². The Balaban J connectivity index is 1.79. The lowest BCUT2D eigenvalue weighted by Gasteiger charge is -2.35. The van der Waals surface area contributed by atoms with Crippen LogP contribution in [-0.2, 0) is 4.74 Å². The van der Waals surface area contributed by atoms with Crippen molar-refractivity contribution in [3.63, 3.8) is 0 Å². The van der Waals surface area contributed by atoms with Gasteiger partial charge in [0.1, 0.15) is 0 Å². The smallest absolute Gasteiger partial charge is 0.322 e. The van der Waals surface area contributed by atoms with Gasteiger partial charge in [0.05, 0.1) is 18.7 Å². The molecule has 1 aliphatic heterocycles. The Kier molecular flexibility index (Phi) is 7.04. The lowest BCUT2D eigenvalue weighted by Crippen LogP contribution is -2.46. The molecule has 0 radical (unpaired) electrons. The third-order valence-corrected chi connectivity index (χ3v) is 5.84.